The van der Waals surface area contributed by atoms with E-state index >= 15 is 0 Å². The molecule has 20 nitrogen and oxygen atoms in total. The molecule has 0 aromatic heterocycles. The van der Waals surface area contributed by atoms with Gasteiger partial charge in [0.15, 0.2) is 0 Å². The summed E-state index contributed by atoms with van der Waals surface area (Å²) in [5, 5.41) is 40.7. The number of phenolic OH excluding ortho intramolecular Hbond substituents is 1. The van der Waals surface area contributed by atoms with E-state index in [0.717, 1.165) is 0 Å². The lowest BCUT2D eigenvalue weighted by atomic mass is 9.90. The molecular weight excluding hydrogens is 780 g/mol. The van der Waals surface area contributed by atoms with Crippen LogP contribution in [-0.2, 0) is 44.8 Å². The number of aromatic hydroxyl groups is 1. The van der Waals surface area contributed by atoms with Gasteiger partial charge in [-0.3, -0.25) is 43.7 Å². The first kappa shape index (κ1) is 49.0. The highest BCUT2D eigenvalue weighted by atomic mass is 16.3. The fourth-order valence-electron chi connectivity index (χ4n) is 7.59. The van der Waals surface area contributed by atoms with Crippen LogP contribution >= 0.6 is 0 Å². The first-order valence-corrected chi connectivity index (χ1v) is 20.3. The molecule has 3 rings (SSSR count). The Morgan fingerprint density at radius 3 is 2.02 bits per heavy atom. The van der Waals surface area contributed by atoms with E-state index in [9.17, 15) is 48.6 Å². The quantitative estimate of drug-likeness (QED) is 0.0469. The lowest BCUT2D eigenvalue weighted by Gasteiger charge is -2.30. The minimum absolute atomic E-state index is 0.0154. The average molecular weight is 845 g/mol. The molecule has 2 aliphatic carbocycles. The monoisotopic (exact) mass is 844 g/mol. The van der Waals surface area contributed by atoms with Crippen LogP contribution in [0.4, 0.5) is 0 Å². The average Bonchev–Trinajstić information content (AvgIpc) is 4.08. The van der Waals surface area contributed by atoms with Crippen LogP contribution in [0, 0.1) is 30.6 Å². The van der Waals surface area contributed by atoms with E-state index in [2.05, 4.69) is 42.5 Å². The number of carbonyl (C=O) groups excluding carboxylic acids is 8. The molecule has 0 bridgehead atoms. The number of aryl methyl sites for hydroxylation is 1. The summed E-state index contributed by atoms with van der Waals surface area (Å²) in [6.07, 6.45) is 1.15. The number of rotatable bonds is 24. The second-order valence-electron chi connectivity index (χ2n) is 16.9. The molecule has 0 spiro atoms. The van der Waals surface area contributed by atoms with Crippen LogP contribution in [0.15, 0.2) is 18.2 Å². The molecule has 2 fully saturated rings. The Labute approximate surface area is 350 Å². The zero-order chi connectivity index (χ0) is 45.2. The number of aliphatic hydroxyl groups excluding tert-OH is 1. The predicted molar refractivity (Wildman–Crippen MR) is 219 cm³/mol. The van der Waals surface area contributed by atoms with Crippen LogP contribution in [0.1, 0.15) is 78.4 Å². The molecule has 6 unspecified atom stereocenters. The topological polar surface area (TPSA) is 325 Å². The van der Waals surface area contributed by atoms with Gasteiger partial charge in [0.05, 0.1) is 26.2 Å². The van der Waals surface area contributed by atoms with Crippen molar-refractivity contribution in [3.63, 3.8) is 0 Å². The molecule has 1 aromatic rings. The molecule has 0 aliphatic heterocycles. The molecule has 0 heterocycles. The third-order valence-electron chi connectivity index (χ3n) is 11.0. The van der Waals surface area contributed by atoms with Crippen molar-refractivity contribution in [1.29, 1.82) is 0 Å². The zero-order valence-electron chi connectivity index (χ0n) is 35.6. The summed E-state index contributed by atoms with van der Waals surface area (Å²) in [4.78, 5) is 104. The van der Waals surface area contributed by atoms with Crippen molar-refractivity contribution in [3.8, 4) is 5.75 Å². The number of primary amides is 1. The molecule has 2 aliphatic rings. The summed E-state index contributed by atoms with van der Waals surface area (Å²) in [6.45, 7) is 10.1. The predicted octanol–water partition coefficient (Wildman–Crippen LogP) is -2.83. The van der Waals surface area contributed by atoms with Gasteiger partial charge < -0.3 is 58.9 Å². The highest BCUT2D eigenvalue weighted by Gasteiger charge is 2.62. The van der Waals surface area contributed by atoms with Gasteiger partial charge in [-0.1, -0.05) is 39.8 Å². The Morgan fingerprint density at radius 1 is 0.850 bits per heavy atom. The molecule has 334 valence electrons. The Bertz CT molecular complexity index is 1790. The summed E-state index contributed by atoms with van der Waals surface area (Å²) < 4.78 is 0. The van der Waals surface area contributed by atoms with Crippen molar-refractivity contribution in [2.75, 3.05) is 32.7 Å². The fourth-order valence-corrected chi connectivity index (χ4v) is 7.59. The van der Waals surface area contributed by atoms with Crippen molar-refractivity contribution in [1.82, 2.24) is 42.5 Å². The molecular formula is C40H64N10O10. The van der Waals surface area contributed by atoms with Crippen LogP contribution in [0.2, 0.25) is 0 Å². The molecule has 2 saturated carbocycles. The normalized spacial score (nSPS) is 22.3. The van der Waals surface area contributed by atoms with Gasteiger partial charge in [0.25, 0.3) is 0 Å². The van der Waals surface area contributed by atoms with Gasteiger partial charge in [-0.2, -0.15) is 0 Å². The number of nitrogens with one attached hydrogen (secondary N) is 8. The minimum atomic E-state index is -1.62. The molecule has 7 atom stereocenters. The second-order valence-corrected chi connectivity index (χ2v) is 16.9. The maximum absolute atomic E-state index is 13.5. The first-order valence-electron chi connectivity index (χ1n) is 20.3. The summed E-state index contributed by atoms with van der Waals surface area (Å²) in [7, 11) is 0. The SMILES string of the molecule is Cc1cc(CC(C)(NC(=O)CNC(=O)[C@@H](NC(=O)CNC(=O)C2(NC(=O)CNC(=O)C3(NC(C)O)CC3CCCN)CC2C(C)C)C(C)C)C(=O)NCC(N)=O)ccc1O. The van der Waals surface area contributed by atoms with E-state index < -0.39 is 108 Å². The van der Waals surface area contributed by atoms with Crippen LogP contribution in [0.3, 0.4) is 0 Å². The number of amides is 8. The van der Waals surface area contributed by atoms with Gasteiger partial charge in [-0.05, 0) is 93.9 Å². The molecule has 0 radical (unpaired) electrons. The highest BCUT2D eigenvalue weighted by molar-refractivity contribution is 5.99. The van der Waals surface area contributed by atoms with E-state index in [-0.39, 0.29) is 29.9 Å². The van der Waals surface area contributed by atoms with Gasteiger partial charge >= 0.3 is 0 Å². The maximum Gasteiger partial charge on any atom is 0.246 e. The largest absolute Gasteiger partial charge is 0.508 e. The van der Waals surface area contributed by atoms with E-state index in [4.69, 9.17) is 11.5 Å². The van der Waals surface area contributed by atoms with Crippen LogP contribution < -0.4 is 54.0 Å². The van der Waals surface area contributed by atoms with E-state index in [0.29, 0.717) is 43.4 Å². The zero-order valence-corrected chi connectivity index (χ0v) is 35.6. The van der Waals surface area contributed by atoms with Gasteiger partial charge in [0, 0.05) is 6.42 Å². The van der Waals surface area contributed by atoms with Gasteiger partial charge in [-0.25, -0.2) is 0 Å². The lowest BCUT2D eigenvalue weighted by molar-refractivity contribution is -0.135. The Morgan fingerprint density at radius 2 is 1.47 bits per heavy atom. The second kappa shape index (κ2) is 20.8. The summed E-state index contributed by atoms with van der Waals surface area (Å²) in [6, 6.07) is 3.51. The number of benzene rings is 1. The highest BCUT2D eigenvalue weighted by Crippen LogP contribution is 2.49. The Hall–Kier alpha value is -5.34. The fraction of sp³-hybridized carbons (Fsp3) is 0.650. The third-order valence-corrected chi connectivity index (χ3v) is 11.0. The number of aliphatic hydroxyl groups is 1. The summed E-state index contributed by atoms with van der Waals surface area (Å²) in [5.41, 5.74) is 7.95. The number of hydrogen-bond donors (Lipinski definition) is 12. The molecule has 60 heavy (non-hydrogen) atoms. The van der Waals surface area contributed by atoms with Crippen molar-refractivity contribution < 1.29 is 48.6 Å². The van der Waals surface area contributed by atoms with E-state index in [1.807, 2.05) is 13.8 Å². The molecule has 14 N–H and O–H groups in total. The van der Waals surface area contributed by atoms with Crippen LogP contribution in [0.25, 0.3) is 0 Å². The smallest absolute Gasteiger partial charge is 0.246 e. The summed E-state index contributed by atoms with van der Waals surface area (Å²) in [5.74, 6) is -6.14. The number of carbonyl (C=O) groups is 8. The lowest BCUT2D eigenvalue weighted by Crippen LogP contribution is -2.61. The van der Waals surface area contributed by atoms with Crippen molar-refractivity contribution >= 4 is 47.3 Å². The molecule has 1 aromatic carbocycles. The standard InChI is InChI=1S/C40H64N10O10/c1-21(2)27-16-40(27,50-32(56)20-46-36(59)39(48-24(6)51)15-26(39)9-8-12-41)37(60)45-18-30(54)47-33(22(3)4)34(57)43-19-31(55)49-38(7,35(58)44-17-29(42)53)14-25-10-11-28(52)23(5)13-25/h10-11,13,21-22,24,26-27,33,48,51-52H,8-9,12,14-20,41H2,1-7H3,(H2,42,53)(H,43,57)(H,44,58)(H,45,60)(H,46,59)(H,47,54)(H,49,55)(H,50,56)/t24?,26?,27?,33-,38?,39?,40?/m0/s1. The summed E-state index contributed by atoms with van der Waals surface area (Å²) >= 11 is 0. The van der Waals surface area contributed by atoms with Gasteiger partial charge in [0.1, 0.15) is 34.6 Å². The van der Waals surface area contributed by atoms with Gasteiger partial charge in [0.2, 0.25) is 47.3 Å². The molecule has 0 saturated heterocycles. The molecule has 8 amide bonds. The Kier molecular flexibility index (Phi) is 17.0. The van der Waals surface area contributed by atoms with Gasteiger partial charge in [-0.15, -0.1) is 0 Å². The van der Waals surface area contributed by atoms with Crippen molar-refractivity contribution in [3.05, 3.63) is 29.3 Å². The number of hydrogen-bond acceptors (Lipinski definition) is 12. The first-order chi connectivity index (χ1) is 28.0. The van der Waals surface area contributed by atoms with E-state index in [1.54, 1.807) is 32.9 Å². The molecule has 20 heteroatoms. The van der Waals surface area contributed by atoms with E-state index in [1.165, 1.54) is 19.9 Å². The number of nitrogens with two attached hydrogens (primary N) is 2. The van der Waals surface area contributed by atoms with Crippen LogP contribution in [0.5, 0.6) is 5.75 Å². The van der Waals surface area contributed by atoms with Crippen LogP contribution in [-0.4, -0.2) is 119 Å². The van der Waals surface area contributed by atoms with Crippen molar-refractivity contribution in [2.24, 2.45) is 35.1 Å². The maximum atomic E-state index is 13.5. The van der Waals surface area contributed by atoms with Crippen molar-refractivity contribution in [2.45, 2.75) is 109 Å². The number of phenols is 1. The minimum Gasteiger partial charge on any atom is -0.508 e. The Balaban J connectivity index is 1.57. The third kappa shape index (κ3) is 13.1.